The van der Waals surface area contributed by atoms with Gasteiger partial charge in [0, 0.05) is 31.3 Å². The van der Waals surface area contributed by atoms with Crippen molar-refractivity contribution in [1.29, 1.82) is 0 Å². The molecule has 0 aliphatic heterocycles. The Labute approximate surface area is 127 Å². The third-order valence-electron chi connectivity index (χ3n) is 3.37. The van der Waals surface area contributed by atoms with Crippen LogP contribution in [0.5, 0.6) is 17.2 Å². The van der Waals surface area contributed by atoms with E-state index in [2.05, 4.69) is 12.2 Å². The maximum Gasteiger partial charge on any atom is 0.164 e. The molecule has 0 heterocycles. The number of hydrogen-bond acceptors (Lipinski definition) is 5. The number of hydrogen-bond donors (Lipinski definition) is 1. The molecule has 5 heteroatoms. The van der Waals surface area contributed by atoms with Crippen molar-refractivity contribution in [3.8, 4) is 17.2 Å². The minimum absolute atomic E-state index is 0.331. The van der Waals surface area contributed by atoms with Gasteiger partial charge in [0.1, 0.15) is 5.75 Å². The molecule has 0 saturated carbocycles. The molecule has 1 N–H and O–H groups in total. The van der Waals surface area contributed by atoms with Crippen LogP contribution in [-0.2, 0) is 11.3 Å². The van der Waals surface area contributed by atoms with Crippen LogP contribution in [0.3, 0.4) is 0 Å². The first kappa shape index (κ1) is 17.6. The van der Waals surface area contributed by atoms with E-state index in [1.807, 2.05) is 12.1 Å². The van der Waals surface area contributed by atoms with E-state index in [0.29, 0.717) is 30.7 Å². The Morgan fingerprint density at radius 2 is 1.57 bits per heavy atom. The molecule has 1 aromatic carbocycles. The van der Waals surface area contributed by atoms with Gasteiger partial charge in [-0.15, -0.1) is 0 Å². The van der Waals surface area contributed by atoms with Crippen molar-refractivity contribution < 1.29 is 18.9 Å². The first-order chi connectivity index (χ1) is 10.2. The van der Waals surface area contributed by atoms with Crippen molar-refractivity contribution >= 4 is 0 Å². The average Bonchev–Trinajstić information content (AvgIpc) is 2.52. The highest BCUT2D eigenvalue weighted by Gasteiger charge is 2.13. The Kier molecular flexibility index (Phi) is 7.93. The summed E-state index contributed by atoms with van der Waals surface area (Å²) in [7, 11) is 6.63. The highest BCUT2D eigenvalue weighted by atomic mass is 16.5. The SMILES string of the molecule is CCCC(COC)NCc1cc(OC)c(OC)cc1OC. The van der Waals surface area contributed by atoms with Crippen LogP contribution in [-0.4, -0.2) is 41.1 Å². The van der Waals surface area contributed by atoms with E-state index < -0.39 is 0 Å². The molecule has 5 nitrogen and oxygen atoms in total. The van der Waals surface area contributed by atoms with Gasteiger partial charge in [0.05, 0.1) is 27.9 Å². The standard InChI is InChI=1S/C16H27NO4/c1-6-7-13(11-18-2)17-10-12-8-15(20-4)16(21-5)9-14(12)19-3/h8-9,13,17H,6-7,10-11H2,1-5H3. The summed E-state index contributed by atoms with van der Waals surface area (Å²) in [5.41, 5.74) is 1.03. The molecule has 0 spiro atoms. The molecule has 0 fully saturated rings. The van der Waals surface area contributed by atoms with Crippen LogP contribution in [0.1, 0.15) is 25.3 Å². The van der Waals surface area contributed by atoms with Crippen LogP contribution >= 0.6 is 0 Å². The fourth-order valence-electron chi connectivity index (χ4n) is 2.28. The van der Waals surface area contributed by atoms with Crippen molar-refractivity contribution in [2.24, 2.45) is 0 Å². The molecule has 0 aromatic heterocycles. The Bertz CT molecular complexity index is 417. The lowest BCUT2D eigenvalue weighted by Gasteiger charge is -2.19. The predicted octanol–water partition coefficient (Wildman–Crippen LogP) is 2.62. The molecule has 120 valence electrons. The zero-order valence-electron chi connectivity index (χ0n) is 13.7. The molecule has 0 aliphatic rings. The average molecular weight is 297 g/mol. The molecule has 1 unspecified atom stereocenters. The number of methoxy groups -OCH3 is 4. The van der Waals surface area contributed by atoms with E-state index in [1.54, 1.807) is 28.4 Å². The van der Waals surface area contributed by atoms with Gasteiger partial charge < -0.3 is 24.3 Å². The van der Waals surface area contributed by atoms with Crippen molar-refractivity contribution in [1.82, 2.24) is 5.32 Å². The Balaban J connectivity index is 2.85. The molecule has 21 heavy (non-hydrogen) atoms. The minimum atomic E-state index is 0.331. The summed E-state index contributed by atoms with van der Waals surface area (Å²) in [5, 5.41) is 3.50. The van der Waals surface area contributed by atoms with Gasteiger partial charge in [-0.05, 0) is 12.5 Å². The summed E-state index contributed by atoms with van der Waals surface area (Å²) >= 11 is 0. The molecular formula is C16H27NO4. The van der Waals surface area contributed by atoms with Gasteiger partial charge in [-0.25, -0.2) is 0 Å². The van der Waals surface area contributed by atoms with Crippen molar-refractivity contribution in [2.75, 3.05) is 35.0 Å². The largest absolute Gasteiger partial charge is 0.496 e. The van der Waals surface area contributed by atoms with Crippen LogP contribution in [0.25, 0.3) is 0 Å². The highest BCUT2D eigenvalue weighted by molar-refractivity contribution is 5.50. The van der Waals surface area contributed by atoms with Gasteiger partial charge in [-0.3, -0.25) is 0 Å². The quantitative estimate of drug-likeness (QED) is 0.719. The summed E-state index contributed by atoms with van der Waals surface area (Å²) in [6, 6.07) is 4.12. The summed E-state index contributed by atoms with van der Waals surface area (Å²) in [5.74, 6) is 2.15. The Hall–Kier alpha value is -1.46. The molecule has 1 rings (SSSR count). The van der Waals surface area contributed by atoms with Gasteiger partial charge >= 0.3 is 0 Å². The lowest BCUT2D eigenvalue weighted by atomic mass is 10.1. The summed E-state index contributed by atoms with van der Waals surface area (Å²) in [4.78, 5) is 0. The van der Waals surface area contributed by atoms with E-state index >= 15 is 0 Å². The minimum Gasteiger partial charge on any atom is -0.496 e. The van der Waals surface area contributed by atoms with Crippen LogP contribution in [0.15, 0.2) is 12.1 Å². The van der Waals surface area contributed by atoms with Gasteiger partial charge in [-0.1, -0.05) is 13.3 Å². The first-order valence-electron chi connectivity index (χ1n) is 7.21. The van der Waals surface area contributed by atoms with Crippen molar-refractivity contribution in [3.05, 3.63) is 17.7 Å². The molecule has 0 aliphatic carbocycles. The molecular weight excluding hydrogens is 270 g/mol. The van der Waals surface area contributed by atoms with Crippen LogP contribution in [0.4, 0.5) is 0 Å². The molecule has 0 bridgehead atoms. The summed E-state index contributed by atoms with van der Waals surface area (Å²) in [6.45, 7) is 3.56. The normalized spacial score (nSPS) is 12.0. The Morgan fingerprint density at radius 3 is 2.10 bits per heavy atom. The second-order valence-electron chi connectivity index (χ2n) is 4.84. The number of benzene rings is 1. The molecule has 0 saturated heterocycles. The Morgan fingerprint density at radius 1 is 0.952 bits per heavy atom. The first-order valence-corrected chi connectivity index (χ1v) is 7.21. The summed E-state index contributed by atoms with van der Waals surface area (Å²) < 4.78 is 21.3. The zero-order valence-corrected chi connectivity index (χ0v) is 13.7. The van der Waals surface area contributed by atoms with Gasteiger partial charge in [0.15, 0.2) is 11.5 Å². The van der Waals surface area contributed by atoms with Crippen LogP contribution in [0, 0.1) is 0 Å². The van der Waals surface area contributed by atoms with E-state index in [9.17, 15) is 0 Å². The van der Waals surface area contributed by atoms with Gasteiger partial charge in [0.2, 0.25) is 0 Å². The fourth-order valence-corrected chi connectivity index (χ4v) is 2.28. The third-order valence-corrected chi connectivity index (χ3v) is 3.37. The second-order valence-corrected chi connectivity index (χ2v) is 4.84. The predicted molar refractivity (Wildman–Crippen MR) is 83.5 cm³/mol. The lowest BCUT2D eigenvalue weighted by Crippen LogP contribution is -2.32. The molecule has 1 atom stereocenters. The smallest absolute Gasteiger partial charge is 0.164 e. The molecule has 0 radical (unpaired) electrons. The zero-order chi connectivity index (χ0) is 15.7. The van der Waals surface area contributed by atoms with Crippen molar-refractivity contribution in [2.45, 2.75) is 32.4 Å². The monoisotopic (exact) mass is 297 g/mol. The van der Waals surface area contributed by atoms with Crippen molar-refractivity contribution in [3.63, 3.8) is 0 Å². The van der Waals surface area contributed by atoms with Crippen LogP contribution in [0.2, 0.25) is 0 Å². The number of nitrogens with one attached hydrogen (secondary N) is 1. The van der Waals surface area contributed by atoms with E-state index in [1.165, 1.54) is 0 Å². The van der Waals surface area contributed by atoms with Gasteiger partial charge in [-0.2, -0.15) is 0 Å². The van der Waals surface area contributed by atoms with Crippen LogP contribution < -0.4 is 19.5 Å². The van der Waals surface area contributed by atoms with E-state index in [4.69, 9.17) is 18.9 Å². The van der Waals surface area contributed by atoms with Gasteiger partial charge in [0.25, 0.3) is 0 Å². The maximum absolute atomic E-state index is 5.43. The summed E-state index contributed by atoms with van der Waals surface area (Å²) in [6.07, 6.45) is 2.19. The number of rotatable bonds is 10. The fraction of sp³-hybridized carbons (Fsp3) is 0.625. The molecule has 0 amide bonds. The van der Waals surface area contributed by atoms with E-state index in [0.717, 1.165) is 24.2 Å². The number of ether oxygens (including phenoxy) is 4. The second kappa shape index (κ2) is 9.47. The third kappa shape index (κ3) is 5.10. The highest BCUT2D eigenvalue weighted by Crippen LogP contribution is 2.34. The topological polar surface area (TPSA) is 49.0 Å². The maximum atomic E-state index is 5.43. The lowest BCUT2D eigenvalue weighted by molar-refractivity contribution is 0.161. The molecule has 1 aromatic rings. The van der Waals surface area contributed by atoms with E-state index in [-0.39, 0.29) is 0 Å².